The Hall–Kier alpha value is -2.22. The molecule has 0 spiro atoms. The van der Waals surface area contributed by atoms with Crippen LogP contribution in [0.1, 0.15) is 26.6 Å². The Morgan fingerprint density at radius 3 is 2.61 bits per heavy atom. The lowest BCUT2D eigenvalue weighted by Gasteiger charge is -2.12. The summed E-state index contributed by atoms with van der Waals surface area (Å²) in [5.74, 6) is 7.22. The minimum absolute atomic E-state index is 0.125. The number of anilines is 1. The highest BCUT2D eigenvalue weighted by molar-refractivity contribution is 8.00. The molecule has 8 heteroatoms. The quantitative estimate of drug-likeness (QED) is 0.594. The van der Waals surface area contributed by atoms with Crippen molar-refractivity contribution in [2.75, 3.05) is 17.8 Å². The highest BCUT2D eigenvalue weighted by Crippen LogP contribution is 2.22. The van der Waals surface area contributed by atoms with Crippen LogP contribution in [0.2, 0.25) is 0 Å². The van der Waals surface area contributed by atoms with Crippen LogP contribution in [0.4, 0.5) is 5.69 Å². The molecule has 3 N–H and O–H groups in total. The number of aromatic nitrogens is 3. The highest BCUT2D eigenvalue weighted by atomic mass is 32.2. The third-order valence-corrected chi connectivity index (χ3v) is 4.19. The van der Waals surface area contributed by atoms with E-state index in [9.17, 15) is 4.79 Å². The average molecular weight is 335 g/mol. The topological polar surface area (TPSA) is 95.1 Å². The van der Waals surface area contributed by atoms with Gasteiger partial charge in [0.05, 0.1) is 11.9 Å². The third-order valence-electron chi connectivity index (χ3n) is 3.14. The molecule has 124 valence electrons. The molecule has 1 heterocycles. The Balaban J connectivity index is 1.95. The summed E-state index contributed by atoms with van der Waals surface area (Å²) in [7, 11) is 0. The van der Waals surface area contributed by atoms with E-state index < -0.39 is 0 Å². The Kier molecular flexibility index (Phi) is 5.86. The van der Waals surface area contributed by atoms with Gasteiger partial charge in [0.15, 0.2) is 5.82 Å². The van der Waals surface area contributed by atoms with Gasteiger partial charge in [0.2, 0.25) is 11.1 Å². The van der Waals surface area contributed by atoms with Crippen molar-refractivity contribution in [2.24, 2.45) is 0 Å². The van der Waals surface area contributed by atoms with Gasteiger partial charge in [-0.15, -0.1) is 10.2 Å². The number of carbonyl (C=O) groups is 1. The van der Waals surface area contributed by atoms with Crippen molar-refractivity contribution in [1.82, 2.24) is 14.9 Å². The van der Waals surface area contributed by atoms with E-state index in [1.165, 1.54) is 16.4 Å². The molecule has 7 nitrogen and oxygen atoms in total. The molecule has 2 aromatic rings. The molecule has 1 aromatic heterocycles. The van der Waals surface area contributed by atoms with Crippen LogP contribution in [0.5, 0.6) is 5.75 Å². The molecule has 0 unspecified atom stereocenters. The minimum atomic E-state index is -0.349. The molecular weight excluding hydrogens is 314 g/mol. The molecule has 1 aromatic carbocycles. The Morgan fingerprint density at radius 1 is 1.35 bits per heavy atom. The summed E-state index contributed by atoms with van der Waals surface area (Å²) >= 11 is 1.27. The average Bonchev–Trinajstić information content (AvgIpc) is 2.89. The summed E-state index contributed by atoms with van der Waals surface area (Å²) in [5.41, 5.74) is 0.717. The second kappa shape index (κ2) is 7.87. The van der Waals surface area contributed by atoms with Crippen LogP contribution < -0.4 is 15.9 Å². The largest absolute Gasteiger partial charge is 0.494 e. The van der Waals surface area contributed by atoms with Crippen molar-refractivity contribution in [2.45, 2.75) is 37.6 Å². The van der Waals surface area contributed by atoms with Crippen molar-refractivity contribution in [3.63, 3.8) is 0 Å². The van der Waals surface area contributed by atoms with Crippen molar-refractivity contribution >= 4 is 23.4 Å². The number of hydrogen-bond donors (Lipinski definition) is 2. The normalized spacial score (nSPS) is 12.0. The van der Waals surface area contributed by atoms with Crippen LogP contribution >= 0.6 is 11.8 Å². The highest BCUT2D eigenvalue weighted by Gasteiger charge is 2.19. The number of aryl methyl sites for hydroxylation is 1. The number of nitrogens with two attached hydrogens (primary N) is 1. The van der Waals surface area contributed by atoms with Gasteiger partial charge in [0, 0.05) is 12.1 Å². The van der Waals surface area contributed by atoms with Crippen molar-refractivity contribution in [1.29, 1.82) is 0 Å². The maximum atomic E-state index is 12.3. The van der Waals surface area contributed by atoms with Gasteiger partial charge in [0.25, 0.3) is 0 Å². The van der Waals surface area contributed by atoms with Crippen LogP contribution in [0.15, 0.2) is 29.4 Å². The summed E-state index contributed by atoms with van der Waals surface area (Å²) in [6, 6.07) is 7.25. The van der Waals surface area contributed by atoms with Gasteiger partial charge in [0.1, 0.15) is 5.75 Å². The van der Waals surface area contributed by atoms with Gasteiger partial charge >= 0.3 is 0 Å². The zero-order valence-electron chi connectivity index (χ0n) is 13.4. The molecule has 1 amide bonds. The van der Waals surface area contributed by atoms with E-state index in [0.717, 1.165) is 11.4 Å². The van der Waals surface area contributed by atoms with Crippen LogP contribution in [0, 0.1) is 0 Å². The fourth-order valence-corrected chi connectivity index (χ4v) is 2.67. The van der Waals surface area contributed by atoms with Crippen molar-refractivity contribution in [3.8, 4) is 5.75 Å². The van der Waals surface area contributed by atoms with E-state index in [4.69, 9.17) is 10.6 Å². The predicted molar refractivity (Wildman–Crippen MR) is 91.1 cm³/mol. The molecule has 0 fully saturated rings. The fourth-order valence-electron chi connectivity index (χ4n) is 1.89. The number of rotatable bonds is 7. The third kappa shape index (κ3) is 4.38. The molecular formula is C15H21N5O2S. The first-order valence-corrected chi connectivity index (χ1v) is 8.32. The SMILES string of the molecule is CCOc1ccc(NC(=O)[C@H](C)Sc2nnc(CC)n2N)cc1. The monoisotopic (exact) mass is 335 g/mol. The molecule has 0 radical (unpaired) electrons. The summed E-state index contributed by atoms with van der Waals surface area (Å²) < 4.78 is 6.79. The second-order valence-corrected chi connectivity index (χ2v) is 6.14. The van der Waals surface area contributed by atoms with Gasteiger partial charge in [-0.25, -0.2) is 4.68 Å². The van der Waals surface area contributed by atoms with E-state index >= 15 is 0 Å². The smallest absolute Gasteiger partial charge is 0.237 e. The molecule has 0 saturated carbocycles. The lowest BCUT2D eigenvalue weighted by Crippen LogP contribution is -2.23. The summed E-state index contributed by atoms with van der Waals surface area (Å²) in [6.45, 7) is 6.28. The number of carbonyl (C=O) groups excluding carboxylic acids is 1. The molecule has 1 atom stereocenters. The van der Waals surface area contributed by atoms with Gasteiger partial charge in [-0.3, -0.25) is 4.79 Å². The Morgan fingerprint density at radius 2 is 2.04 bits per heavy atom. The fraction of sp³-hybridized carbons (Fsp3) is 0.400. The number of thioether (sulfide) groups is 1. The summed E-state index contributed by atoms with van der Waals surface area (Å²) in [5, 5.41) is 11.0. The van der Waals surface area contributed by atoms with Gasteiger partial charge in [-0.2, -0.15) is 0 Å². The maximum absolute atomic E-state index is 12.3. The number of hydrogen-bond acceptors (Lipinski definition) is 6. The maximum Gasteiger partial charge on any atom is 0.237 e. The van der Waals surface area contributed by atoms with Gasteiger partial charge in [-0.05, 0) is 38.1 Å². The van der Waals surface area contributed by atoms with E-state index in [0.29, 0.717) is 24.0 Å². The van der Waals surface area contributed by atoms with E-state index in [1.54, 1.807) is 19.1 Å². The lowest BCUT2D eigenvalue weighted by atomic mass is 10.3. The number of nitrogens with zero attached hydrogens (tertiary/aromatic N) is 3. The Bertz CT molecular complexity index is 656. The van der Waals surface area contributed by atoms with Crippen LogP contribution in [-0.4, -0.2) is 32.6 Å². The Labute approximate surface area is 139 Å². The van der Waals surface area contributed by atoms with Crippen LogP contribution in [0.3, 0.4) is 0 Å². The van der Waals surface area contributed by atoms with E-state index in [1.807, 2.05) is 26.0 Å². The number of amides is 1. The summed E-state index contributed by atoms with van der Waals surface area (Å²) in [4.78, 5) is 12.3. The van der Waals surface area contributed by atoms with Crippen LogP contribution in [-0.2, 0) is 11.2 Å². The van der Waals surface area contributed by atoms with Crippen molar-refractivity contribution < 1.29 is 9.53 Å². The van der Waals surface area contributed by atoms with Crippen LogP contribution in [0.25, 0.3) is 0 Å². The van der Waals surface area contributed by atoms with E-state index in [-0.39, 0.29) is 11.2 Å². The number of benzene rings is 1. The first-order chi connectivity index (χ1) is 11.0. The lowest BCUT2D eigenvalue weighted by molar-refractivity contribution is -0.115. The predicted octanol–water partition coefficient (Wildman–Crippen LogP) is 2.07. The van der Waals surface area contributed by atoms with Gasteiger partial charge < -0.3 is 15.9 Å². The molecule has 0 bridgehead atoms. The van der Waals surface area contributed by atoms with E-state index in [2.05, 4.69) is 15.5 Å². The molecule has 0 saturated heterocycles. The first-order valence-electron chi connectivity index (χ1n) is 7.44. The first kappa shape index (κ1) is 17.1. The minimum Gasteiger partial charge on any atom is -0.494 e. The molecule has 2 rings (SSSR count). The molecule has 0 aliphatic heterocycles. The number of nitrogens with one attached hydrogen (secondary N) is 1. The zero-order valence-corrected chi connectivity index (χ0v) is 14.3. The standard InChI is InChI=1S/C15H21N5O2S/c1-4-13-18-19-15(20(13)16)23-10(3)14(21)17-11-6-8-12(9-7-11)22-5-2/h6-10H,4-5,16H2,1-3H3,(H,17,21)/t10-/m0/s1. The van der Waals surface area contributed by atoms with Gasteiger partial charge in [-0.1, -0.05) is 18.7 Å². The zero-order chi connectivity index (χ0) is 16.8. The second-order valence-electron chi connectivity index (χ2n) is 4.83. The molecule has 23 heavy (non-hydrogen) atoms. The number of ether oxygens (including phenoxy) is 1. The number of nitrogen functional groups attached to an aromatic ring is 1. The summed E-state index contributed by atoms with van der Waals surface area (Å²) in [6.07, 6.45) is 0.691. The molecule has 0 aliphatic rings. The van der Waals surface area contributed by atoms with Crippen molar-refractivity contribution in [3.05, 3.63) is 30.1 Å². The molecule has 0 aliphatic carbocycles.